The number of thiophene rings is 1. The maximum absolute atomic E-state index is 12.1. The molecule has 5 nitrogen and oxygen atoms in total. The fourth-order valence-corrected chi connectivity index (χ4v) is 3.70. The van der Waals surface area contributed by atoms with Crippen LogP contribution in [0.25, 0.3) is 0 Å². The quantitative estimate of drug-likeness (QED) is 0.805. The molecule has 0 aliphatic carbocycles. The van der Waals surface area contributed by atoms with E-state index in [0.717, 1.165) is 4.88 Å². The van der Waals surface area contributed by atoms with E-state index < -0.39 is 10.0 Å². The molecule has 0 unspecified atom stereocenters. The average Bonchev–Trinajstić information content (AvgIpc) is 2.89. The van der Waals surface area contributed by atoms with Crippen LogP contribution < -0.4 is 9.46 Å². The average molecular weight is 348 g/mol. The van der Waals surface area contributed by atoms with Gasteiger partial charge in [-0.1, -0.05) is 11.6 Å². The van der Waals surface area contributed by atoms with E-state index in [1.54, 1.807) is 24.3 Å². The summed E-state index contributed by atoms with van der Waals surface area (Å²) in [5.74, 6) is 0.507. The Bertz CT molecular complexity index is 682. The highest BCUT2D eigenvalue weighted by atomic mass is 35.5. The SMILES string of the molecule is O=S(=O)(NCc1ccc(Cl)s1)c1ccc(OCCO)cc1. The van der Waals surface area contributed by atoms with Crippen LogP contribution in [0.3, 0.4) is 0 Å². The van der Waals surface area contributed by atoms with E-state index in [4.69, 9.17) is 21.4 Å². The van der Waals surface area contributed by atoms with Crippen LogP contribution in [-0.2, 0) is 16.6 Å². The van der Waals surface area contributed by atoms with Gasteiger partial charge in [0.25, 0.3) is 0 Å². The van der Waals surface area contributed by atoms with Crippen molar-refractivity contribution in [2.24, 2.45) is 0 Å². The molecule has 1 heterocycles. The Morgan fingerprint density at radius 2 is 1.90 bits per heavy atom. The number of aliphatic hydroxyl groups is 1. The number of halogens is 1. The number of benzene rings is 1. The molecule has 0 bridgehead atoms. The number of nitrogens with one attached hydrogen (secondary N) is 1. The van der Waals surface area contributed by atoms with Crippen molar-refractivity contribution < 1.29 is 18.3 Å². The molecule has 0 saturated carbocycles. The van der Waals surface area contributed by atoms with Crippen molar-refractivity contribution in [2.75, 3.05) is 13.2 Å². The van der Waals surface area contributed by atoms with Crippen molar-refractivity contribution in [3.63, 3.8) is 0 Å². The maximum Gasteiger partial charge on any atom is 0.240 e. The number of hydrogen-bond acceptors (Lipinski definition) is 5. The van der Waals surface area contributed by atoms with Crippen molar-refractivity contribution in [2.45, 2.75) is 11.4 Å². The Hall–Kier alpha value is -1.12. The highest BCUT2D eigenvalue weighted by Gasteiger charge is 2.14. The molecule has 1 aromatic heterocycles. The van der Waals surface area contributed by atoms with Gasteiger partial charge in [0.1, 0.15) is 12.4 Å². The molecule has 21 heavy (non-hydrogen) atoms. The monoisotopic (exact) mass is 347 g/mol. The van der Waals surface area contributed by atoms with Crippen LogP contribution in [0.15, 0.2) is 41.3 Å². The van der Waals surface area contributed by atoms with Gasteiger partial charge in [-0.2, -0.15) is 0 Å². The van der Waals surface area contributed by atoms with Crippen molar-refractivity contribution in [3.8, 4) is 5.75 Å². The van der Waals surface area contributed by atoms with Crippen molar-refractivity contribution in [1.82, 2.24) is 4.72 Å². The standard InChI is InChI=1S/C13H14ClNO4S2/c14-13-6-3-11(20-13)9-15-21(17,18)12-4-1-10(2-5-12)19-8-7-16/h1-6,15-16H,7-9H2. The van der Waals surface area contributed by atoms with Gasteiger partial charge in [0.15, 0.2) is 0 Å². The van der Waals surface area contributed by atoms with E-state index in [1.165, 1.54) is 23.5 Å². The van der Waals surface area contributed by atoms with Crippen LogP contribution in [0.5, 0.6) is 5.75 Å². The fraction of sp³-hybridized carbons (Fsp3) is 0.231. The number of hydrogen-bond donors (Lipinski definition) is 2. The first-order valence-electron chi connectivity index (χ1n) is 6.09. The molecule has 1 aromatic carbocycles. The molecule has 0 atom stereocenters. The van der Waals surface area contributed by atoms with Crippen LogP contribution in [0.4, 0.5) is 0 Å². The topological polar surface area (TPSA) is 75.6 Å². The zero-order chi connectivity index (χ0) is 15.3. The Balaban J connectivity index is 2.01. The minimum absolute atomic E-state index is 0.0923. The summed E-state index contributed by atoms with van der Waals surface area (Å²) in [5.41, 5.74) is 0. The Morgan fingerprint density at radius 1 is 1.19 bits per heavy atom. The maximum atomic E-state index is 12.1. The molecular formula is C13H14ClNO4S2. The molecule has 2 rings (SSSR count). The summed E-state index contributed by atoms with van der Waals surface area (Å²) < 4.78 is 32.5. The van der Waals surface area contributed by atoms with E-state index in [2.05, 4.69) is 4.72 Å². The van der Waals surface area contributed by atoms with Gasteiger partial charge in [0.05, 0.1) is 15.8 Å². The van der Waals surface area contributed by atoms with Crippen molar-refractivity contribution in [1.29, 1.82) is 0 Å². The van der Waals surface area contributed by atoms with E-state index in [9.17, 15) is 8.42 Å². The second kappa shape index (κ2) is 7.24. The Kier molecular flexibility index (Phi) is 5.60. The lowest BCUT2D eigenvalue weighted by Gasteiger charge is -2.07. The van der Waals surface area contributed by atoms with Gasteiger partial charge >= 0.3 is 0 Å². The second-order valence-electron chi connectivity index (χ2n) is 4.07. The lowest BCUT2D eigenvalue weighted by molar-refractivity contribution is 0.201. The zero-order valence-corrected chi connectivity index (χ0v) is 13.3. The third kappa shape index (κ3) is 4.69. The van der Waals surface area contributed by atoms with Crippen LogP contribution in [0, 0.1) is 0 Å². The van der Waals surface area contributed by atoms with Gasteiger partial charge < -0.3 is 9.84 Å². The van der Waals surface area contributed by atoms with Crippen LogP contribution in [0.2, 0.25) is 4.34 Å². The molecule has 114 valence electrons. The molecule has 0 amide bonds. The van der Waals surface area contributed by atoms with Crippen LogP contribution in [0.1, 0.15) is 4.88 Å². The first-order valence-corrected chi connectivity index (χ1v) is 8.76. The smallest absolute Gasteiger partial charge is 0.240 e. The van der Waals surface area contributed by atoms with Crippen molar-refractivity contribution in [3.05, 3.63) is 45.6 Å². The predicted molar refractivity (Wildman–Crippen MR) is 82.4 cm³/mol. The lowest BCUT2D eigenvalue weighted by Crippen LogP contribution is -2.22. The fourth-order valence-electron chi connectivity index (χ4n) is 1.57. The van der Waals surface area contributed by atoms with Crippen molar-refractivity contribution >= 4 is 33.0 Å². The summed E-state index contributed by atoms with van der Waals surface area (Å²) >= 11 is 7.13. The van der Waals surface area contributed by atoms with Gasteiger partial charge in [-0.3, -0.25) is 0 Å². The zero-order valence-electron chi connectivity index (χ0n) is 11.0. The third-order valence-corrected chi connectivity index (χ3v) is 5.21. The van der Waals surface area contributed by atoms with Crippen LogP contribution >= 0.6 is 22.9 Å². The molecule has 0 spiro atoms. The summed E-state index contributed by atoms with van der Waals surface area (Å²) in [5, 5.41) is 8.65. The minimum atomic E-state index is -3.58. The molecule has 0 saturated heterocycles. The van der Waals surface area contributed by atoms with Gasteiger partial charge in [-0.25, -0.2) is 13.1 Å². The second-order valence-corrected chi connectivity index (χ2v) is 7.64. The van der Waals surface area contributed by atoms with Gasteiger partial charge in [-0.05, 0) is 36.4 Å². The van der Waals surface area contributed by atoms with E-state index >= 15 is 0 Å². The van der Waals surface area contributed by atoms with E-state index in [-0.39, 0.29) is 24.7 Å². The molecule has 0 aliphatic rings. The Morgan fingerprint density at radius 3 is 2.48 bits per heavy atom. The number of sulfonamides is 1. The third-order valence-electron chi connectivity index (χ3n) is 2.56. The van der Waals surface area contributed by atoms with Gasteiger partial charge in [0.2, 0.25) is 10.0 Å². The first-order chi connectivity index (χ1) is 10.0. The highest BCUT2D eigenvalue weighted by molar-refractivity contribution is 7.89. The molecule has 0 radical (unpaired) electrons. The molecule has 2 aromatic rings. The van der Waals surface area contributed by atoms with Gasteiger partial charge in [-0.15, -0.1) is 11.3 Å². The lowest BCUT2D eigenvalue weighted by atomic mass is 10.3. The Labute approximate surface area is 132 Å². The molecular weight excluding hydrogens is 334 g/mol. The largest absolute Gasteiger partial charge is 0.491 e. The summed E-state index contributed by atoms with van der Waals surface area (Å²) in [6.07, 6.45) is 0. The van der Waals surface area contributed by atoms with E-state index in [0.29, 0.717) is 10.1 Å². The number of rotatable bonds is 7. The molecule has 0 fully saturated rings. The molecule has 2 N–H and O–H groups in total. The molecule has 8 heteroatoms. The summed E-state index contributed by atoms with van der Waals surface area (Å²) in [6.45, 7) is 0.275. The minimum Gasteiger partial charge on any atom is -0.491 e. The van der Waals surface area contributed by atoms with Crippen LogP contribution in [-0.4, -0.2) is 26.7 Å². The predicted octanol–water partition coefficient (Wildman–Crippen LogP) is 2.25. The summed E-state index contributed by atoms with van der Waals surface area (Å²) in [4.78, 5) is 0.993. The molecule has 0 aliphatic heterocycles. The highest BCUT2D eigenvalue weighted by Crippen LogP contribution is 2.22. The summed E-state index contributed by atoms with van der Waals surface area (Å²) in [7, 11) is -3.58. The normalized spacial score (nSPS) is 11.5. The number of aliphatic hydroxyl groups excluding tert-OH is 1. The summed E-state index contributed by atoms with van der Waals surface area (Å²) in [6, 6.07) is 9.51. The first kappa shape index (κ1) is 16.3. The van der Waals surface area contributed by atoms with E-state index in [1.807, 2.05) is 0 Å². The number of ether oxygens (including phenoxy) is 1. The van der Waals surface area contributed by atoms with Gasteiger partial charge in [0, 0.05) is 11.4 Å².